The van der Waals surface area contributed by atoms with E-state index in [0.29, 0.717) is 24.5 Å². The van der Waals surface area contributed by atoms with E-state index in [1.54, 1.807) is 35.9 Å². The van der Waals surface area contributed by atoms with E-state index >= 15 is 0 Å². The Labute approximate surface area is 144 Å². The molecular weight excluding hydrogens is 324 g/mol. The van der Waals surface area contributed by atoms with E-state index in [1.807, 2.05) is 47.8 Å². The number of rotatable bonds is 6. The molecule has 3 aromatic rings. The number of carbonyl (C=O) groups excluding carboxylic acids is 1. The number of ether oxygens (including phenoxy) is 1. The second-order valence-electron chi connectivity index (χ2n) is 5.20. The minimum absolute atomic E-state index is 0.186. The van der Waals surface area contributed by atoms with Crippen molar-refractivity contribution in [2.24, 2.45) is 0 Å². The van der Waals surface area contributed by atoms with Gasteiger partial charge in [-0.25, -0.2) is 4.79 Å². The molecule has 6 heteroatoms. The van der Waals surface area contributed by atoms with Crippen molar-refractivity contribution in [1.29, 1.82) is 0 Å². The Hall–Kier alpha value is -2.73. The number of carbonyl (C=O) groups is 1. The maximum absolute atomic E-state index is 12.8. The highest BCUT2D eigenvalue weighted by atomic mass is 32.1. The van der Waals surface area contributed by atoms with Gasteiger partial charge in [-0.15, -0.1) is 11.3 Å². The predicted octanol–water partition coefficient (Wildman–Crippen LogP) is 4.58. The fraction of sp³-hybridized carbons (Fsp3) is 0.167. The van der Waals surface area contributed by atoms with Gasteiger partial charge < -0.3 is 19.4 Å². The average Bonchev–Trinajstić information content (AvgIpc) is 3.28. The van der Waals surface area contributed by atoms with Gasteiger partial charge >= 0.3 is 6.03 Å². The van der Waals surface area contributed by atoms with E-state index in [2.05, 4.69) is 5.32 Å². The summed E-state index contributed by atoms with van der Waals surface area (Å²) in [6.07, 6.45) is 3.26. The Balaban J connectivity index is 1.77. The molecule has 0 atom stereocenters. The largest absolute Gasteiger partial charge is 0.495 e. The molecule has 0 spiro atoms. The van der Waals surface area contributed by atoms with Crippen LogP contribution in [0.3, 0.4) is 0 Å². The van der Waals surface area contributed by atoms with Gasteiger partial charge in [-0.1, -0.05) is 18.2 Å². The van der Waals surface area contributed by atoms with Gasteiger partial charge in [0, 0.05) is 10.4 Å². The summed E-state index contributed by atoms with van der Waals surface area (Å²) in [5.74, 6) is 0.630. The number of methoxy groups -OCH3 is 1. The molecule has 0 aliphatic heterocycles. The zero-order chi connectivity index (χ0) is 16.8. The van der Waals surface area contributed by atoms with E-state index in [1.165, 1.54) is 0 Å². The zero-order valence-electron chi connectivity index (χ0n) is 13.3. The third-order valence-corrected chi connectivity index (χ3v) is 4.38. The minimum atomic E-state index is -0.186. The van der Waals surface area contributed by atoms with Crippen molar-refractivity contribution in [3.63, 3.8) is 0 Å². The summed E-state index contributed by atoms with van der Waals surface area (Å²) in [4.78, 5) is 15.6. The molecule has 0 saturated carbocycles. The number of hydrogen-bond donors (Lipinski definition) is 1. The smallest absolute Gasteiger partial charge is 0.322 e. The molecular formula is C18H18N2O3S. The van der Waals surface area contributed by atoms with Gasteiger partial charge in [0.2, 0.25) is 0 Å². The first-order chi connectivity index (χ1) is 11.8. The lowest BCUT2D eigenvalue weighted by atomic mass is 10.3. The second-order valence-corrected chi connectivity index (χ2v) is 6.23. The fourth-order valence-electron chi connectivity index (χ4n) is 2.34. The van der Waals surface area contributed by atoms with Gasteiger partial charge in [0.25, 0.3) is 0 Å². The molecule has 0 bridgehead atoms. The molecule has 3 rings (SSSR count). The highest BCUT2D eigenvalue weighted by molar-refractivity contribution is 7.09. The van der Waals surface area contributed by atoms with Crippen molar-refractivity contribution in [3.8, 4) is 5.75 Å². The fourth-order valence-corrected chi connectivity index (χ4v) is 3.05. The summed E-state index contributed by atoms with van der Waals surface area (Å²) in [7, 11) is 1.58. The Bertz CT molecular complexity index is 733. The van der Waals surface area contributed by atoms with Crippen LogP contribution in [0.5, 0.6) is 5.75 Å². The minimum Gasteiger partial charge on any atom is -0.495 e. The lowest BCUT2D eigenvalue weighted by Crippen LogP contribution is -2.33. The summed E-state index contributed by atoms with van der Waals surface area (Å²) in [6.45, 7) is 0.999. The Kier molecular flexibility index (Phi) is 5.18. The van der Waals surface area contributed by atoms with Crippen LogP contribution in [0.15, 0.2) is 64.8 Å². The first kappa shape index (κ1) is 16.1. The molecule has 2 amide bonds. The highest BCUT2D eigenvalue weighted by Crippen LogP contribution is 2.24. The third kappa shape index (κ3) is 3.97. The average molecular weight is 342 g/mol. The number of anilines is 1. The van der Waals surface area contributed by atoms with Gasteiger partial charge in [-0.3, -0.25) is 0 Å². The molecule has 1 aromatic carbocycles. The maximum Gasteiger partial charge on any atom is 0.322 e. The summed E-state index contributed by atoms with van der Waals surface area (Å²) in [6, 6.07) is 13.0. The van der Waals surface area contributed by atoms with Crippen LogP contribution in [0.4, 0.5) is 10.5 Å². The zero-order valence-corrected chi connectivity index (χ0v) is 14.1. The number of amides is 2. The molecule has 5 nitrogen and oxygen atoms in total. The van der Waals surface area contributed by atoms with E-state index in [4.69, 9.17) is 9.15 Å². The summed E-state index contributed by atoms with van der Waals surface area (Å²) in [5.41, 5.74) is 1.59. The Morgan fingerprint density at radius 1 is 1.21 bits per heavy atom. The van der Waals surface area contributed by atoms with Crippen molar-refractivity contribution in [2.75, 3.05) is 12.4 Å². The molecule has 0 aliphatic rings. The maximum atomic E-state index is 12.8. The molecule has 0 aliphatic carbocycles. The summed E-state index contributed by atoms with van der Waals surface area (Å²) < 4.78 is 10.4. The van der Waals surface area contributed by atoms with Crippen molar-refractivity contribution in [1.82, 2.24) is 4.90 Å². The van der Waals surface area contributed by atoms with E-state index in [9.17, 15) is 4.79 Å². The Morgan fingerprint density at radius 3 is 2.79 bits per heavy atom. The van der Waals surface area contributed by atoms with Crippen LogP contribution in [-0.2, 0) is 13.1 Å². The summed E-state index contributed by atoms with van der Waals surface area (Å²) >= 11 is 1.63. The normalized spacial score (nSPS) is 10.4. The lowest BCUT2D eigenvalue weighted by Gasteiger charge is -2.22. The van der Waals surface area contributed by atoms with Gasteiger partial charge in [0.05, 0.1) is 38.4 Å². The van der Waals surface area contributed by atoms with Crippen molar-refractivity contribution in [3.05, 3.63) is 70.8 Å². The number of thiophene rings is 1. The molecule has 0 unspecified atom stereocenters. The molecule has 2 heterocycles. The van der Waals surface area contributed by atoms with E-state index in [0.717, 1.165) is 10.4 Å². The number of furan rings is 1. The topological polar surface area (TPSA) is 54.7 Å². The number of urea groups is 1. The van der Waals surface area contributed by atoms with Crippen LogP contribution < -0.4 is 10.1 Å². The van der Waals surface area contributed by atoms with Crippen LogP contribution in [0.25, 0.3) is 0 Å². The van der Waals surface area contributed by atoms with Crippen molar-refractivity contribution in [2.45, 2.75) is 13.1 Å². The standard InChI is InChI=1S/C18H18N2O3S/c1-22-17-7-3-2-6-16(17)19-18(21)20(11-14-8-9-23-13-14)12-15-5-4-10-24-15/h2-10,13H,11-12H2,1H3,(H,19,21). The van der Waals surface area contributed by atoms with Gasteiger partial charge in [-0.05, 0) is 29.6 Å². The van der Waals surface area contributed by atoms with Crippen molar-refractivity contribution >= 4 is 23.1 Å². The SMILES string of the molecule is COc1ccccc1NC(=O)N(Cc1ccoc1)Cc1cccs1. The first-order valence-electron chi connectivity index (χ1n) is 7.48. The molecule has 0 saturated heterocycles. The van der Waals surface area contributed by atoms with Crippen LogP contribution in [0, 0.1) is 0 Å². The second kappa shape index (κ2) is 7.70. The van der Waals surface area contributed by atoms with Gasteiger partial charge in [-0.2, -0.15) is 0 Å². The molecule has 1 N–H and O–H groups in total. The van der Waals surface area contributed by atoms with E-state index < -0.39 is 0 Å². The molecule has 0 radical (unpaired) electrons. The first-order valence-corrected chi connectivity index (χ1v) is 8.36. The summed E-state index contributed by atoms with van der Waals surface area (Å²) in [5, 5.41) is 4.93. The van der Waals surface area contributed by atoms with Gasteiger partial charge in [0.15, 0.2) is 0 Å². The monoisotopic (exact) mass is 342 g/mol. The Morgan fingerprint density at radius 2 is 2.08 bits per heavy atom. The highest BCUT2D eigenvalue weighted by Gasteiger charge is 2.17. The lowest BCUT2D eigenvalue weighted by molar-refractivity contribution is 0.206. The van der Waals surface area contributed by atoms with Crippen molar-refractivity contribution < 1.29 is 13.9 Å². The van der Waals surface area contributed by atoms with Crippen LogP contribution in [0.2, 0.25) is 0 Å². The molecule has 24 heavy (non-hydrogen) atoms. The number of para-hydroxylation sites is 2. The number of benzene rings is 1. The quantitative estimate of drug-likeness (QED) is 0.713. The molecule has 124 valence electrons. The number of nitrogens with one attached hydrogen (secondary N) is 1. The van der Waals surface area contributed by atoms with Crippen LogP contribution in [-0.4, -0.2) is 18.0 Å². The number of hydrogen-bond acceptors (Lipinski definition) is 4. The van der Waals surface area contributed by atoms with Gasteiger partial charge in [0.1, 0.15) is 5.75 Å². The van der Waals surface area contributed by atoms with Crippen LogP contribution in [0.1, 0.15) is 10.4 Å². The molecule has 2 aromatic heterocycles. The number of nitrogens with zero attached hydrogens (tertiary/aromatic N) is 1. The molecule has 0 fully saturated rings. The van der Waals surface area contributed by atoms with E-state index in [-0.39, 0.29) is 6.03 Å². The predicted molar refractivity (Wildman–Crippen MR) is 94.3 cm³/mol. The van der Waals surface area contributed by atoms with Crippen LogP contribution >= 0.6 is 11.3 Å². The third-order valence-electron chi connectivity index (χ3n) is 3.52.